The Morgan fingerprint density at radius 2 is 0.320 bits per heavy atom. The van der Waals surface area contributed by atoms with Crippen LogP contribution in [0.25, 0.3) is 0 Å². The van der Waals surface area contributed by atoms with Gasteiger partial charge >= 0.3 is 33.6 Å². The van der Waals surface area contributed by atoms with Crippen molar-refractivity contribution in [3.8, 4) is 0 Å². The van der Waals surface area contributed by atoms with Gasteiger partial charge in [-0.25, -0.2) is 0 Å². The number of rotatable bonds is 0. The maximum atomic E-state index is 8.52. The van der Waals surface area contributed by atoms with E-state index in [2.05, 4.69) is 0 Å². The molecule has 0 rings (SSSR count). The maximum absolute atomic E-state index is 8.52. The normalized spacial score (nSPS) is 6.96. The van der Waals surface area contributed by atoms with Crippen LogP contribution in [-0.2, 0) is 64.8 Å². The summed E-state index contributed by atoms with van der Waals surface area (Å²) in [5.74, 6) is 0. The quantitative estimate of drug-likeness (QED) is 0.200. The third-order valence-electron chi connectivity index (χ3n) is 0. The molecule has 0 amide bonds. The minimum absolute atomic E-state index is 0. The predicted molar refractivity (Wildman–Crippen MR) is 60.3 cm³/mol. The predicted octanol–water partition coefficient (Wildman–Crippen LogP) is -10.6. The van der Waals surface area contributed by atoms with Gasteiger partial charge in [0.25, 0.3) is 0 Å². The fourth-order valence-corrected chi connectivity index (χ4v) is 0. The van der Waals surface area contributed by atoms with Crippen LogP contribution < -0.4 is 0 Å². The van der Waals surface area contributed by atoms with Gasteiger partial charge in [-0.1, -0.05) is 0 Å². The first kappa shape index (κ1) is 98.7. The van der Waals surface area contributed by atoms with Gasteiger partial charge in [0.2, 0.25) is 0 Å². The van der Waals surface area contributed by atoms with Crippen molar-refractivity contribution >= 4 is 31.2 Å². The van der Waals surface area contributed by atoms with Gasteiger partial charge in [-0.05, 0) is 0 Å². The first-order valence-corrected chi connectivity index (χ1v) is 6.00. The van der Waals surface area contributed by atoms with Gasteiger partial charge in [0, 0.05) is 31.2 Å². The Bertz CT molecular complexity index is 344. The molecule has 20 nitrogen and oxygen atoms in total. The van der Waals surface area contributed by atoms with Crippen LogP contribution in [-0.4, -0.2) is 96.4 Å². The summed E-state index contributed by atoms with van der Waals surface area (Å²) in [6.07, 6.45) is 0. The van der Waals surface area contributed by atoms with Crippen LogP contribution in [0, 0.1) is 0 Å². The molecule has 25 heteroatoms. The third kappa shape index (κ3) is 132000. The van der Waals surface area contributed by atoms with Crippen LogP contribution in [0.4, 0.5) is 0 Å². The second-order valence-corrected chi connectivity index (χ2v) is 3.67. The van der Waals surface area contributed by atoms with Crippen LogP contribution in [0.5, 0.6) is 0 Å². The summed E-state index contributed by atoms with van der Waals surface area (Å²) in [5.41, 5.74) is 0. The van der Waals surface area contributed by atoms with E-state index in [-0.39, 0.29) is 77.4 Å². The summed E-state index contributed by atoms with van der Waals surface area (Å²) >= 11 is 0. The Morgan fingerprint density at radius 1 is 0.320 bits per heavy atom. The molecule has 0 atom stereocenters. The van der Waals surface area contributed by atoms with Crippen molar-refractivity contribution in [2.24, 2.45) is 0 Å². The Hall–Kier alpha value is 0.303. The summed E-state index contributed by atoms with van der Waals surface area (Å²) < 4.78 is 102. The van der Waals surface area contributed by atoms with E-state index >= 15 is 0 Å². The van der Waals surface area contributed by atoms with Crippen molar-refractivity contribution in [3.05, 3.63) is 0 Å². The Balaban J connectivity index is -0.00000000655. The fourth-order valence-electron chi connectivity index (χ4n) is 0. The smallest absolute Gasteiger partial charge is 0.759 e. The van der Waals surface area contributed by atoms with Crippen molar-refractivity contribution in [2.75, 3.05) is 0 Å². The van der Waals surface area contributed by atoms with Crippen LogP contribution in [0.2, 0.25) is 0 Å². The number of hydrogen-bond acceptors (Lipinski definition) is 12. The standard InChI is InChI=1S/2Co.3H2O4S.8H2O/c;;3*1-5(2,3)4;;;;;;;;/h;;3*(H2,1,2,3,4);8*1H2/q2*+3;;;;;;;;;;;/p-6. The van der Waals surface area contributed by atoms with E-state index < -0.39 is 31.2 Å². The van der Waals surface area contributed by atoms with Gasteiger partial charge in [-0.2, -0.15) is 0 Å². The molecule has 0 aliphatic heterocycles. The van der Waals surface area contributed by atoms with E-state index in [0.29, 0.717) is 0 Å². The average molecular weight is 550 g/mol. The maximum Gasteiger partial charge on any atom is 3.00 e. The Morgan fingerprint density at radius 3 is 0.320 bits per heavy atom. The van der Waals surface area contributed by atoms with Crippen molar-refractivity contribution in [1.82, 2.24) is 0 Å². The summed E-state index contributed by atoms with van der Waals surface area (Å²) in [5, 5.41) is 0. The molecule has 0 radical (unpaired) electrons. The van der Waals surface area contributed by atoms with Crippen LogP contribution >= 0.6 is 0 Å². The molecule has 0 spiro atoms. The van der Waals surface area contributed by atoms with E-state index in [9.17, 15) is 0 Å². The summed E-state index contributed by atoms with van der Waals surface area (Å²) in [4.78, 5) is 0. The molecule has 0 aromatic heterocycles. The van der Waals surface area contributed by atoms with E-state index in [0.717, 1.165) is 0 Å². The van der Waals surface area contributed by atoms with Crippen LogP contribution in [0.1, 0.15) is 0 Å². The monoisotopic (exact) mass is 550 g/mol. The minimum Gasteiger partial charge on any atom is -0.759 e. The molecule has 0 aromatic rings. The van der Waals surface area contributed by atoms with Crippen LogP contribution in [0.3, 0.4) is 0 Å². The first-order chi connectivity index (χ1) is 6.00. The molecule has 0 unspecified atom stereocenters. The molecular weight excluding hydrogens is 534 g/mol. The average Bonchev–Trinajstić information content (AvgIpc) is 1.41. The second-order valence-electron chi connectivity index (χ2n) is 1.22. The molecule has 25 heavy (non-hydrogen) atoms. The van der Waals surface area contributed by atoms with Gasteiger partial charge in [0.1, 0.15) is 0 Å². The molecule has 0 aromatic carbocycles. The number of hydrogen-bond donors (Lipinski definition) is 0. The zero-order chi connectivity index (χ0) is 13.5. The molecule has 0 fully saturated rings. The topological polar surface area (TPSA) is 493 Å². The SMILES string of the molecule is O.O.O.O.O.O.O.O.O=S(=O)([O-])[O-].O=S(=O)([O-])[O-].O=S(=O)([O-])[O-].[Co+3].[Co+3]. The third-order valence-corrected chi connectivity index (χ3v) is 0. The van der Waals surface area contributed by atoms with Gasteiger partial charge in [-0.15, -0.1) is 0 Å². The molecule has 0 aliphatic carbocycles. The van der Waals surface area contributed by atoms with Crippen molar-refractivity contribution in [2.45, 2.75) is 0 Å². The molecule has 0 aliphatic rings. The summed E-state index contributed by atoms with van der Waals surface area (Å²) in [7, 11) is -15.5. The first-order valence-electron chi connectivity index (χ1n) is 2.00. The van der Waals surface area contributed by atoms with Crippen molar-refractivity contribution < 1.29 is 130 Å². The van der Waals surface area contributed by atoms with Gasteiger partial charge in [0.15, 0.2) is 0 Å². The van der Waals surface area contributed by atoms with Crippen molar-refractivity contribution in [3.63, 3.8) is 0 Å². The Kier molecular flexibility index (Phi) is 156. The summed E-state index contributed by atoms with van der Waals surface area (Å²) in [6.45, 7) is 0. The van der Waals surface area contributed by atoms with Gasteiger partial charge in [0.05, 0.1) is 0 Å². The Labute approximate surface area is 161 Å². The molecule has 172 valence electrons. The molecule has 0 bridgehead atoms. The van der Waals surface area contributed by atoms with E-state index in [1.807, 2.05) is 0 Å². The molecule has 0 saturated heterocycles. The minimum atomic E-state index is -5.17. The molecule has 0 heterocycles. The largest absolute Gasteiger partial charge is 3.00 e. The van der Waals surface area contributed by atoms with Gasteiger partial charge in [-0.3, -0.25) is 25.3 Å². The zero-order valence-electron chi connectivity index (χ0n) is 10.8. The van der Waals surface area contributed by atoms with E-state index in [4.69, 9.17) is 52.6 Å². The zero-order valence-corrected chi connectivity index (χ0v) is 15.3. The molecular formula is H16Co2O20S3. The van der Waals surface area contributed by atoms with E-state index in [1.165, 1.54) is 0 Å². The summed E-state index contributed by atoms with van der Waals surface area (Å²) in [6, 6.07) is 0. The molecule has 16 N–H and O–H groups in total. The van der Waals surface area contributed by atoms with Crippen molar-refractivity contribution in [1.29, 1.82) is 0 Å². The van der Waals surface area contributed by atoms with Gasteiger partial charge < -0.3 is 71.1 Å². The van der Waals surface area contributed by atoms with Crippen LogP contribution in [0.15, 0.2) is 0 Å². The van der Waals surface area contributed by atoms with E-state index in [1.54, 1.807) is 0 Å². The molecule has 0 saturated carbocycles. The fraction of sp³-hybridized carbons (Fsp3) is 0. The second kappa shape index (κ2) is 39.4.